The van der Waals surface area contributed by atoms with E-state index in [9.17, 15) is 25.0 Å². The number of non-ortho nitro benzene ring substituents is 2. The minimum atomic E-state index is -1.46. The van der Waals surface area contributed by atoms with Crippen molar-refractivity contribution in [2.75, 3.05) is 0 Å². The van der Waals surface area contributed by atoms with Gasteiger partial charge in [-0.15, -0.1) is 0 Å². The maximum absolute atomic E-state index is 10.5. The van der Waals surface area contributed by atoms with Gasteiger partial charge in [0.25, 0.3) is 11.4 Å². The molecule has 0 aromatic heterocycles. The monoisotopic (exact) mass is 251 g/mol. The van der Waals surface area contributed by atoms with Crippen LogP contribution in [0.5, 0.6) is 0 Å². The summed E-state index contributed by atoms with van der Waals surface area (Å²) in [5, 5.41) is 29.2. The number of hydrogen-bond donors (Lipinski definition) is 1. The van der Waals surface area contributed by atoms with Crippen molar-refractivity contribution in [3.8, 4) is 0 Å². The van der Waals surface area contributed by atoms with Crippen LogP contribution in [-0.4, -0.2) is 72.3 Å². The second-order valence-electron chi connectivity index (χ2n) is 2.56. The van der Waals surface area contributed by atoms with E-state index in [0.717, 1.165) is 12.1 Å². The molecule has 0 aliphatic rings. The number of nitro groups is 2. The van der Waals surface area contributed by atoms with Crippen molar-refractivity contribution >= 4 is 68.7 Å². The molecule has 0 atom stereocenters. The van der Waals surface area contributed by atoms with E-state index < -0.39 is 32.8 Å². The molecule has 0 bridgehead atoms. The van der Waals surface area contributed by atoms with Crippen LogP contribution in [0.15, 0.2) is 18.2 Å². The molecule has 1 N–H and O–H groups in total. The number of carboxylic acid groups (broad SMARTS) is 1. The van der Waals surface area contributed by atoms with Crippen molar-refractivity contribution in [1.29, 1.82) is 0 Å². The van der Waals surface area contributed by atoms with Gasteiger partial charge >= 0.3 is 5.97 Å². The van der Waals surface area contributed by atoms with E-state index >= 15 is 0 Å². The Morgan fingerprint density at radius 1 is 1.06 bits per heavy atom. The zero-order valence-electron chi connectivity index (χ0n) is 8.11. The second-order valence-corrected chi connectivity index (χ2v) is 2.56. The fourth-order valence-electron chi connectivity index (χ4n) is 0.929. The predicted molar refractivity (Wildman–Crippen MR) is 52.5 cm³/mol. The van der Waals surface area contributed by atoms with Gasteiger partial charge in [0.05, 0.1) is 21.5 Å². The van der Waals surface area contributed by atoms with Crippen LogP contribution in [0.3, 0.4) is 0 Å². The van der Waals surface area contributed by atoms with Crippen LogP contribution < -0.4 is 0 Å². The van der Waals surface area contributed by atoms with E-state index in [2.05, 4.69) is 0 Å². The van der Waals surface area contributed by atoms with E-state index in [1.54, 1.807) is 0 Å². The van der Waals surface area contributed by atoms with Crippen molar-refractivity contribution in [3.05, 3.63) is 44.0 Å². The van der Waals surface area contributed by atoms with Gasteiger partial charge in [0.2, 0.25) is 0 Å². The van der Waals surface area contributed by atoms with Gasteiger partial charge in [0.15, 0.2) is 0 Å². The van der Waals surface area contributed by atoms with Crippen LogP contribution >= 0.6 is 0 Å². The molecule has 1 aromatic rings. The summed E-state index contributed by atoms with van der Waals surface area (Å²) < 4.78 is 0. The number of aromatic carboxylic acids is 1. The first-order valence-corrected chi connectivity index (χ1v) is 3.59. The minimum absolute atomic E-state index is 0. The summed E-state index contributed by atoms with van der Waals surface area (Å²) in [6, 6.07) is 2.22. The Hall–Kier alpha value is -0.874. The first kappa shape index (κ1) is 15.1. The molecule has 0 aliphatic heterocycles. The predicted octanol–water partition coefficient (Wildman–Crippen LogP) is 0.820. The van der Waals surface area contributed by atoms with Crippen LogP contribution in [0.1, 0.15) is 10.4 Å². The first-order chi connectivity index (χ1) is 6.91. The molecule has 1 radical (unpaired) electrons. The smallest absolute Gasteiger partial charge is 0.336 e. The fraction of sp³-hybridized carbons (Fsp3) is 0. The summed E-state index contributed by atoms with van der Waals surface area (Å²) in [6.07, 6.45) is 0. The van der Waals surface area contributed by atoms with Gasteiger partial charge in [0.1, 0.15) is 0 Å². The average Bonchev–Trinajstić information content (AvgIpc) is 2.16. The number of carbonyl (C=O) groups is 1. The van der Waals surface area contributed by atoms with Gasteiger partial charge < -0.3 is 5.11 Å². The molecule has 0 spiro atoms. The number of nitro benzene ring substituents is 2. The van der Waals surface area contributed by atoms with E-state index in [-0.39, 0.29) is 51.4 Å². The molecule has 9 heteroatoms. The molecule has 8 nitrogen and oxygen atoms in total. The Morgan fingerprint density at radius 2 is 1.44 bits per heavy atom. The van der Waals surface area contributed by atoms with Gasteiger partial charge in [-0.25, -0.2) is 4.79 Å². The first-order valence-electron chi connectivity index (χ1n) is 3.59. The second kappa shape index (κ2) is 6.01. The molecule has 0 saturated carbocycles. The summed E-state index contributed by atoms with van der Waals surface area (Å²) in [4.78, 5) is 29.4. The number of nitrogens with zero attached hydrogens (tertiary/aromatic N) is 2. The maximum atomic E-state index is 10.5. The molecule has 79 valence electrons. The normalized spacial score (nSPS) is 9.00. The third kappa shape index (κ3) is 3.61. The van der Waals surface area contributed by atoms with Crippen LogP contribution in [0, 0.1) is 20.2 Å². The third-order valence-electron chi connectivity index (χ3n) is 1.57. The fourth-order valence-corrected chi connectivity index (χ4v) is 0.929. The molecule has 0 saturated heterocycles. The summed E-state index contributed by atoms with van der Waals surface area (Å²) in [6.45, 7) is 0. The van der Waals surface area contributed by atoms with Gasteiger partial charge in [0, 0.05) is 63.5 Å². The maximum Gasteiger partial charge on any atom is 0.336 e. The van der Waals surface area contributed by atoms with Crippen molar-refractivity contribution in [1.82, 2.24) is 0 Å². The van der Waals surface area contributed by atoms with Crippen molar-refractivity contribution in [2.24, 2.45) is 0 Å². The van der Waals surface area contributed by atoms with Gasteiger partial charge in [-0.1, -0.05) is 0 Å². The number of rotatable bonds is 3. The number of benzene rings is 1. The summed E-state index contributed by atoms with van der Waals surface area (Å²) >= 11 is 0. The summed E-state index contributed by atoms with van der Waals surface area (Å²) in [5.74, 6) is -1.46. The minimum Gasteiger partial charge on any atom is -0.478 e. The summed E-state index contributed by atoms with van der Waals surface area (Å²) in [5.41, 5.74) is -1.74. The Balaban J connectivity index is 0.00000225. The van der Waals surface area contributed by atoms with Gasteiger partial charge in [-0.3, -0.25) is 20.2 Å². The number of hydrogen-bond acceptors (Lipinski definition) is 5. The number of carboxylic acids is 1. The zero-order valence-corrected chi connectivity index (χ0v) is 11.2. The Labute approximate surface area is 131 Å². The van der Waals surface area contributed by atoms with Gasteiger partial charge in [-0.2, -0.15) is 0 Å². The SMILES string of the molecule is O=C(O)c1cc([N+](=O)[O-])cc([N+](=O)[O-])c1.[K]. The molecule has 1 aromatic carbocycles. The Bertz CT molecular complexity index is 381. The molecule has 0 amide bonds. The van der Waals surface area contributed by atoms with E-state index in [1.807, 2.05) is 0 Å². The van der Waals surface area contributed by atoms with Crippen LogP contribution in [0.2, 0.25) is 0 Å². The van der Waals surface area contributed by atoms with E-state index in [0.29, 0.717) is 6.07 Å². The van der Waals surface area contributed by atoms with Crippen molar-refractivity contribution in [2.45, 2.75) is 0 Å². The van der Waals surface area contributed by atoms with E-state index in [1.165, 1.54) is 0 Å². The standard InChI is InChI=1S/C7H4N2O6.K/c10-7(11)4-1-5(8(12)13)3-6(2-4)9(14)15;/h1-3H,(H,10,11);. The molecule has 1 rings (SSSR count). The summed E-state index contributed by atoms with van der Waals surface area (Å²) in [7, 11) is 0. The Morgan fingerprint density at radius 3 is 1.69 bits per heavy atom. The molecular weight excluding hydrogens is 247 g/mol. The molecule has 16 heavy (non-hydrogen) atoms. The van der Waals surface area contributed by atoms with Crippen LogP contribution in [0.4, 0.5) is 11.4 Å². The van der Waals surface area contributed by atoms with Crippen molar-refractivity contribution < 1.29 is 19.7 Å². The quantitative estimate of drug-likeness (QED) is 0.481. The average molecular weight is 251 g/mol. The molecule has 0 heterocycles. The largest absolute Gasteiger partial charge is 0.478 e. The molecule has 0 fully saturated rings. The molecular formula is C7H4KN2O6. The third-order valence-corrected chi connectivity index (χ3v) is 1.57. The van der Waals surface area contributed by atoms with E-state index in [4.69, 9.17) is 5.11 Å². The van der Waals surface area contributed by atoms with Crippen LogP contribution in [0.25, 0.3) is 0 Å². The van der Waals surface area contributed by atoms with Crippen molar-refractivity contribution in [3.63, 3.8) is 0 Å². The topological polar surface area (TPSA) is 124 Å². The molecule has 0 aliphatic carbocycles. The van der Waals surface area contributed by atoms with Gasteiger partial charge in [-0.05, 0) is 0 Å². The Kier molecular flexibility index (Phi) is 5.68. The molecule has 0 unspecified atom stereocenters. The zero-order chi connectivity index (χ0) is 11.6. The van der Waals surface area contributed by atoms with Crippen LogP contribution in [-0.2, 0) is 0 Å².